The molecule has 2 aromatic rings. The van der Waals surface area contributed by atoms with Gasteiger partial charge < -0.3 is 15.6 Å². The summed E-state index contributed by atoms with van der Waals surface area (Å²) in [7, 11) is -3.69. The SMILES string of the molecule is Cn1cc(S(=O)(=O)NC2(C(F)(F)F)CCC2)c(F)c1C(=O)Nc1ccnc(N)c1. The molecule has 0 aromatic carbocycles. The lowest BCUT2D eigenvalue weighted by Gasteiger charge is -2.43. The van der Waals surface area contributed by atoms with Crippen molar-refractivity contribution < 1.29 is 30.8 Å². The lowest BCUT2D eigenvalue weighted by molar-refractivity contribution is -0.212. The van der Waals surface area contributed by atoms with Gasteiger partial charge in [0.25, 0.3) is 5.91 Å². The summed E-state index contributed by atoms with van der Waals surface area (Å²) in [6, 6.07) is 2.67. The van der Waals surface area contributed by atoms with Gasteiger partial charge in [-0.05, 0) is 25.3 Å². The first-order valence-corrected chi connectivity index (χ1v) is 9.83. The summed E-state index contributed by atoms with van der Waals surface area (Å²) in [5, 5.41) is 2.33. The van der Waals surface area contributed by atoms with Crippen LogP contribution in [0.15, 0.2) is 29.4 Å². The van der Waals surface area contributed by atoms with Crippen LogP contribution in [-0.2, 0) is 17.1 Å². The third kappa shape index (κ3) is 3.79. The minimum Gasteiger partial charge on any atom is -0.384 e. The fourth-order valence-corrected chi connectivity index (χ4v) is 4.59. The first kappa shape index (κ1) is 21.0. The van der Waals surface area contributed by atoms with E-state index in [0.29, 0.717) is 0 Å². The molecule has 29 heavy (non-hydrogen) atoms. The number of anilines is 2. The molecule has 0 radical (unpaired) electrons. The molecule has 1 amide bonds. The molecule has 0 aliphatic heterocycles. The highest BCUT2D eigenvalue weighted by atomic mass is 32.2. The third-order valence-corrected chi connectivity index (χ3v) is 6.23. The number of nitrogens with two attached hydrogens (primary N) is 1. The highest BCUT2D eigenvalue weighted by Gasteiger charge is 2.60. The van der Waals surface area contributed by atoms with Gasteiger partial charge in [-0.3, -0.25) is 4.79 Å². The van der Waals surface area contributed by atoms with Crippen molar-refractivity contribution in [3.63, 3.8) is 0 Å². The maximum Gasteiger partial charge on any atom is 0.407 e. The Labute approximate surface area is 163 Å². The Hall–Kier alpha value is -2.67. The number of nitrogens with one attached hydrogen (secondary N) is 2. The van der Waals surface area contributed by atoms with Gasteiger partial charge in [-0.2, -0.15) is 17.9 Å². The zero-order valence-corrected chi connectivity index (χ0v) is 15.9. The van der Waals surface area contributed by atoms with Crippen molar-refractivity contribution in [2.24, 2.45) is 7.05 Å². The molecule has 0 unspecified atom stereocenters. The molecule has 1 saturated carbocycles. The van der Waals surface area contributed by atoms with Crippen molar-refractivity contribution in [3.05, 3.63) is 36.0 Å². The number of hydrogen-bond acceptors (Lipinski definition) is 5. The van der Waals surface area contributed by atoms with E-state index in [1.54, 1.807) is 4.72 Å². The average molecular weight is 435 g/mol. The van der Waals surface area contributed by atoms with Crippen LogP contribution in [0.5, 0.6) is 0 Å². The van der Waals surface area contributed by atoms with Crippen molar-refractivity contribution in [1.82, 2.24) is 14.3 Å². The molecule has 0 atom stereocenters. The number of carbonyl (C=O) groups excluding carboxylic acids is 1. The molecule has 1 aliphatic rings. The zero-order chi connectivity index (χ0) is 21.6. The minimum atomic E-state index is -4.88. The van der Waals surface area contributed by atoms with Gasteiger partial charge in [0, 0.05) is 31.2 Å². The van der Waals surface area contributed by atoms with Gasteiger partial charge in [0.05, 0.1) is 0 Å². The number of carbonyl (C=O) groups is 1. The van der Waals surface area contributed by atoms with Crippen molar-refractivity contribution in [3.8, 4) is 0 Å². The van der Waals surface area contributed by atoms with Crippen molar-refractivity contribution in [2.75, 3.05) is 11.1 Å². The second-order valence-corrected chi connectivity index (χ2v) is 8.38. The molecule has 2 heterocycles. The lowest BCUT2D eigenvalue weighted by Crippen LogP contribution is -2.62. The molecule has 8 nitrogen and oxygen atoms in total. The van der Waals surface area contributed by atoms with E-state index in [0.717, 1.165) is 10.8 Å². The van der Waals surface area contributed by atoms with Gasteiger partial charge >= 0.3 is 6.18 Å². The molecule has 1 aliphatic carbocycles. The number of sulfonamides is 1. The van der Waals surface area contributed by atoms with Gasteiger partial charge in [0.15, 0.2) is 5.82 Å². The van der Waals surface area contributed by atoms with E-state index in [-0.39, 0.29) is 17.9 Å². The maximum absolute atomic E-state index is 14.8. The number of halogens is 4. The Kier molecular flexibility index (Phi) is 5.07. The van der Waals surface area contributed by atoms with Crippen LogP contribution in [-0.4, -0.2) is 35.6 Å². The largest absolute Gasteiger partial charge is 0.407 e. The monoisotopic (exact) mass is 435 g/mol. The van der Waals surface area contributed by atoms with Crippen molar-refractivity contribution in [2.45, 2.75) is 35.9 Å². The second-order valence-electron chi connectivity index (χ2n) is 6.73. The smallest absolute Gasteiger partial charge is 0.384 e. The van der Waals surface area contributed by atoms with Gasteiger partial charge in [0.2, 0.25) is 10.0 Å². The van der Waals surface area contributed by atoms with E-state index < -0.39 is 56.9 Å². The highest BCUT2D eigenvalue weighted by Crippen LogP contribution is 2.46. The standard InChI is InChI=1S/C16H17F4N5O3S/c1-25-8-10(29(27,28)24-15(4-2-5-15)16(18,19)20)12(17)13(25)14(26)23-9-3-6-22-11(21)7-9/h3,6-8,24H,2,4-5H2,1H3,(H3,21,22,23,26). The molecule has 1 fully saturated rings. The summed E-state index contributed by atoms with van der Waals surface area (Å²) >= 11 is 0. The minimum absolute atomic E-state index is 0.0839. The van der Waals surface area contributed by atoms with E-state index in [4.69, 9.17) is 5.73 Å². The number of alkyl halides is 3. The fraction of sp³-hybridized carbons (Fsp3) is 0.375. The number of hydrogen-bond donors (Lipinski definition) is 3. The number of pyridine rings is 1. The summed E-state index contributed by atoms with van der Waals surface area (Å²) in [4.78, 5) is 15.1. The van der Waals surface area contributed by atoms with Crippen LogP contribution < -0.4 is 15.8 Å². The van der Waals surface area contributed by atoms with Crippen LogP contribution in [0.3, 0.4) is 0 Å². The average Bonchev–Trinajstić information content (AvgIpc) is 2.85. The van der Waals surface area contributed by atoms with Crippen LogP contribution in [0, 0.1) is 5.82 Å². The summed E-state index contributed by atoms with van der Waals surface area (Å²) in [5.74, 6) is -2.39. The number of rotatable bonds is 5. The first-order chi connectivity index (χ1) is 13.4. The second kappa shape index (κ2) is 6.99. The first-order valence-electron chi connectivity index (χ1n) is 8.35. The fourth-order valence-electron chi connectivity index (χ4n) is 3.02. The molecular weight excluding hydrogens is 418 g/mol. The van der Waals surface area contributed by atoms with Crippen molar-refractivity contribution in [1.29, 1.82) is 0 Å². The van der Waals surface area contributed by atoms with E-state index in [9.17, 15) is 30.8 Å². The highest BCUT2D eigenvalue weighted by molar-refractivity contribution is 7.89. The van der Waals surface area contributed by atoms with Gasteiger partial charge in [-0.15, -0.1) is 0 Å². The van der Waals surface area contributed by atoms with Crippen LogP contribution in [0.4, 0.5) is 29.1 Å². The molecule has 3 rings (SSSR count). The molecular formula is C16H17F4N5O3S. The Morgan fingerprint density at radius 2 is 2.00 bits per heavy atom. The summed E-state index contributed by atoms with van der Waals surface area (Å²) in [5.41, 5.74) is 2.36. The van der Waals surface area contributed by atoms with Crippen LogP contribution in [0.25, 0.3) is 0 Å². The van der Waals surface area contributed by atoms with Crippen molar-refractivity contribution >= 4 is 27.4 Å². The molecule has 2 aromatic heterocycles. The normalized spacial score (nSPS) is 16.3. The van der Waals surface area contributed by atoms with Crippen LogP contribution in [0.1, 0.15) is 29.8 Å². The number of aryl methyl sites for hydroxylation is 1. The predicted molar refractivity (Wildman–Crippen MR) is 94.9 cm³/mol. The Balaban J connectivity index is 1.91. The van der Waals surface area contributed by atoms with Gasteiger partial charge in [-0.1, -0.05) is 0 Å². The Bertz CT molecular complexity index is 1060. The van der Waals surface area contributed by atoms with Gasteiger partial charge in [-0.25, -0.2) is 17.8 Å². The summed E-state index contributed by atoms with van der Waals surface area (Å²) < 4.78 is 82.1. The molecule has 158 valence electrons. The van der Waals surface area contributed by atoms with Gasteiger partial charge in [0.1, 0.15) is 21.9 Å². The van der Waals surface area contributed by atoms with E-state index in [1.165, 1.54) is 25.4 Å². The van der Waals surface area contributed by atoms with Crippen LogP contribution >= 0.6 is 0 Å². The van der Waals surface area contributed by atoms with E-state index >= 15 is 0 Å². The molecule has 0 bridgehead atoms. The number of amides is 1. The Morgan fingerprint density at radius 3 is 2.52 bits per heavy atom. The molecule has 13 heteroatoms. The summed E-state index contributed by atoms with van der Waals surface area (Å²) in [6.45, 7) is 0. The lowest BCUT2D eigenvalue weighted by atomic mass is 9.77. The Morgan fingerprint density at radius 1 is 1.34 bits per heavy atom. The molecule has 4 N–H and O–H groups in total. The van der Waals surface area contributed by atoms with Crippen LogP contribution in [0.2, 0.25) is 0 Å². The van der Waals surface area contributed by atoms with E-state index in [1.807, 2.05) is 0 Å². The molecule has 0 spiro atoms. The zero-order valence-electron chi connectivity index (χ0n) is 15.0. The predicted octanol–water partition coefficient (Wildman–Crippen LogP) is 2.16. The topological polar surface area (TPSA) is 119 Å². The third-order valence-electron chi connectivity index (χ3n) is 4.71. The number of nitrogens with zero attached hydrogens (tertiary/aromatic N) is 2. The maximum atomic E-state index is 14.8. The molecule has 0 saturated heterocycles. The number of nitrogen functional groups attached to an aromatic ring is 1. The summed E-state index contributed by atoms with van der Waals surface area (Å²) in [6.07, 6.45) is -3.49. The quantitative estimate of drug-likeness (QED) is 0.622. The van der Waals surface area contributed by atoms with E-state index in [2.05, 4.69) is 10.3 Å². The number of aromatic nitrogens is 2.